The highest BCUT2D eigenvalue weighted by Gasteiger charge is 2.15. The quantitative estimate of drug-likeness (QED) is 0.546. The van der Waals surface area contributed by atoms with Crippen molar-refractivity contribution in [1.29, 1.82) is 0 Å². The summed E-state index contributed by atoms with van der Waals surface area (Å²) in [6.07, 6.45) is 4.28. The fraction of sp³-hybridized carbons (Fsp3) is 0.348. The summed E-state index contributed by atoms with van der Waals surface area (Å²) in [5, 5.41) is 1.93. The molecular formula is C23H30N2O4. The fourth-order valence-electron chi connectivity index (χ4n) is 3.27. The second-order valence-electron chi connectivity index (χ2n) is 6.24. The Morgan fingerprint density at radius 3 is 2.10 bits per heavy atom. The minimum atomic E-state index is 0. The molecule has 0 radical (unpaired) electrons. The van der Waals surface area contributed by atoms with Crippen LogP contribution in [0.1, 0.15) is 32.4 Å². The molecule has 156 valence electrons. The molecule has 0 unspecified atom stereocenters. The Labute approximate surface area is 172 Å². The molecule has 0 fully saturated rings. The van der Waals surface area contributed by atoms with E-state index in [-0.39, 0.29) is 7.43 Å². The minimum Gasteiger partial charge on any atom is -0.493 e. The van der Waals surface area contributed by atoms with Gasteiger partial charge in [-0.25, -0.2) is 0 Å². The Hall–Kier alpha value is -3.15. The Morgan fingerprint density at radius 1 is 0.862 bits per heavy atom. The van der Waals surface area contributed by atoms with Gasteiger partial charge in [0.25, 0.3) is 0 Å². The zero-order valence-corrected chi connectivity index (χ0v) is 16.7. The van der Waals surface area contributed by atoms with Crippen molar-refractivity contribution < 1.29 is 18.9 Å². The normalized spacial score (nSPS) is 10.3. The molecule has 0 bridgehead atoms. The highest BCUT2D eigenvalue weighted by atomic mass is 16.5. The Morgan fingerprint density at radius 2 is 1.52 bits per heavy atom. The fourth-order valence-corrected chi connectivity index (χ4v) is 3.27. The number of nitrogens with two attached hydrogens (primary N) is 1. The molecule has 1 aromatic heterocycles. The Bertz CT molecular complexity index is 947. The monoisotopic (exact) mass is 398 g/mol. The maximum absolute atomic E-state index is 6.29. The van der Waals surface area contributed by atoms with Gasteiger partial charge in [0.15, 0.2) is 11.5 Å². The van der Waals surface area contributed by atoms with E-state index < -0.39 is 0 Å². The van der Waals surface area contributed by atoms with Gasteiger partial charge in [-0.2, -0.15) is 0 Å². The average Bonchev–Trinajstić information content (AvgIpc) is 2.71. The first-order valence-corrected chi connectivity index (χ1v) is 9.28. The second kappa shape index (κ2) is 9.87. The number of hydrogen-bond donors (Lipinski definition) is 1. The summed E-state index contributed by atoms with van der Waals surface area (Å²) < 4.78 is 22.3. The third-order valence-corrected chi connectivity index (χ3v) is 4.53. The van der Waals surface area contributed by atoms with E-state index in [1.807, 2.05) is 44.3 Å². The zero-order valence-electron chi connectivity index (χ0n) is 16.7. The first-order valence-electron chi connectivity index (χ1n) is 9.28. The number of fused-ring (bicyclic) bond motifs is 1. The molecule has 0 amide bonds. The van der Waals surface area contributed by atoms with E-state index in [1.54, 1.807) is 20.4 Å². The maximum atomic E-state index is 6.29. The van der Waals surface area contributed by atoms with Crippen LogP contribution in [0.4, 0.5) is 5.69 Å². The van der Waals surface area contributed by atoms with E-state index in [9.17, 15) is 0 Å². The summed E-state index contributed by atoms with van der Waals surface area (Å²) in [6, 6.07) is 7.86. The minimum absolute atomic E-state index is 0. The largest absolute Gasteiger partial charge is 0.493 e. The molecule has 0 atom stereocenters. The van der Waals surface area contributed by atoms with Gasteiger partial charge < -0.3 is 24.7 Å². The van der Waals surface area contributed by atoms with Crippen molar-refractivity contribution in [3.8, 4) is 23.0 Å². The van der Waals surface area contributed by atoms with Crippen molar-refractivity contribution in [2.45, 2.75) is 27.7 Å². The van der Waals surface area contributed by atoms with Crippen LogP contribution in [-0.2, 0) is 6.42 Å². The van der Waals surface area contributed by atoms with Crippen LogP contribution in [0.3, 0.4) is 0 Å². The number of methoxy groups -OCH3 is 2. The van der Waals surface area contributed by atoms with E-state index in [0.29, 0.717) is 48.3 Å². The van der Waals surface area contributed by atoms with Gasteiger partial charge in [0.1, 0.15) is 5.75 Å². The lowest BCUT2D eigenvalue weighted by molar-refractivity contribution is 0.288. The van der Waals surface area contributed by atoms with Gasteiger partial charge in [-0.15, -0.1) is 0 Å². The molecule has 0 saturated heterocycles. The molecule has 0 aliphatic carbocycles. The molecular weight excluding hydrogens is 368 g/mol. The summed E-state index contributed by atoms with van der Waals surface area (Å²) in [5.41, 5.74) is 8.98. The summed E-state index contributed by atoms with van der Waals surface area (Å²) in [7, 11) is 3.24. The molecule has 6 heteroatoms. The van der Waals surface area contributed by atoms with Crippen molar-refractivity contribution in [3.05, 3.63) is 47.8 Å². The highest BCUT2D eigenvalue weighted by molar-refractivity contribution is 5.97. The lowest BCUT2D eigenvalue weighted by Crippen LogP contribution is -2.01. The lowest BCUT2D eigenvalue weighted by Gasteiger charge is -2.16. The number of hydrogen-bond acceptors (Lipinski definition) is 6. The van der Waals surface area contributed by atoms with Crippen LogP contribution >= 0.6 is 0 Å². The van der Waals surface area contributed by atoms with Gasteiger partial charge in [0.2, 0.25) is 5.75 Å². The second-order valence-corrected chi connectivity index (χ2v) is 6.24. The van der Waals surface area contributed by atoms with E-state index in [2.05, 4.69) is 4.98 Å². The predicted octanol–water partition coefficient (Wildman–Crippen LogP) is 4.86. The van der Waals surface area contributed by atoms with Crippen LogP contribution in [0.25, 0.3) is 10.8 Å². The van der Waals surface area contributed by atoms with Crippen molar-refractivity contribution in [3.63, 3.8) is 0 Å². The Kier molecular flexibility index (Phi) is 7.53. The van der Waals surface area contributed by atoms with E-state index >= 15 is 0 Å². The number of aromatic nitrogens is 1. The predicted molar refractivity (Wildman–Crippen MR) is 118 cm³/mol. The van der Waals surface area contributed by atoms with Crippen LogP contribution in [0.15, 0.2) is 36.7 Å². The molecule has 3 rings (SSSR count). The van der Waals surface area contributed by atoms with E-state index in [0.717, 1.165) is 21.9 Å². The van der Waals surface area contributed by atoms with Crippen LogP contribution in [-0.4, -0.2) is 32.4 Å². The number of nitrogens with zero attached hydrogens (tertiary/aromatic N) is 1. The smallest absolute Gasteiger partial charge is 0.203 e. The molecule has 6 nitrogen and oxygen atoms in total. The van der Waals surface area contributed by atoms with Crippen molar-refractivity contribution in [2.75, 3.05) is 33.2 Å². The lowest BCUT2D eigenvalue weighted by atomic mass is 9.99. The van der Waals surface area contributed by atoms with Crippen LogP contribution in [0.2, 0.25) is 0 Å². The van der Waals surface area contributed by atoms with Crippen LogP contribution in [0, 0.1) is 0 Å². The number of pyridine rings is 1. The van der Waals surface area contributed by atoms with Crippen LogP contribution < -0.4 is 24.7 Å². The number of ether oxygens (including phenoxy) is 4. The van der Waals surface area contributed by atoms with Crippen molar-refractivity contribution in [1.82, 2.24) is 4.98 Å². The average molecular weight is 399 g/mol. The highest BCUT2D eigenvalue weighted by Crippen LogP contribution is 2.40. The molecule has 2 aromatic carbocycles. The molecule has 0 saturated carbocycles. The molecule has 0 aliphatic heterocycles. The van der Waals surface area contributed by atoms with Crippen LogP contribution in [0.5, 0.6) is 23.0 Å². The van der Waals surface area contributed by atoms with Crippen molar-refractivity contribution >= 4 is 16.5 Å². The number of nitrogen functional groups attached to an aromatic ring is 1. The van der Waals surface area contributed by atoms with Crippen molar-refractivity contribution in [2.24, 2.45) is 0 Å². The number of anilines is 1. The number of rotatable bonds is 8. The molecule has 0 spiro atoms. The van der Waals surface area contributed by atoms with Gasteiger partial charge in [0.05, 0.1) is 33.1 Å². The SMILES string of the molecule is C.CCOc1ccc2c(Cc3cc(OC)c(OCC)c(OC)c3)cncc2c1N. The summed E-state index contributed by atoms with van der Waals surface area (Å²) in [6.45, 7) is 4.95. The van der Waals surface area contributed by atoms with Gasteiger partial charge >= 0.3 is 0 Å². The third-order valence-electron chi connectivity index (χ3n) is 4.53. The van der Waals surface area contributed by atoms with E-state index in [4.69, 9.17) is 24.7 Å². The summed E-state index contributed by atoms with van der Waals surface area (Å²) >= 11 is 0. The topological polar surface area (TPSA) is 75.8 Å². The maximum Gasteiger partial charge on any atom is 0.203 e. The first kappa shape index (κ1) is 22.1. The summed E-state index contributed by atoms with van der Waals surface area (Å²) in [4.78, 5) is 4.38. The Balaban J connectivity index is 0.00000300. The van der Waals surface area contributed by atoms with E-state index in [1.165, 1.54) is 0 Å². The zero-order chi connectivity index (χ0) is 20.1. The summed E-state index contributed by atoms with van der Waals surface area (Å²) in [5.74, 6) is 2.57. The van der Waals surface area contributed by atoms with Gasteiger partial charge in [-0.1, -0.05) is 13.5 Å². The van der Waals surface area contributed by atoms with Gasteiger partial charge in [-0.05, 0) is 55.0 Å². The third kappa shape index (κ3) is 4.47. The standard InChI is InChI=1S/C22H26N2O4.CH4/c1-5-27-18-8-7-16-15(12-24-13-17(16)21(18)23)9-14-10-19(25-3)22(28-6-2)20(11-14)26-4;/h7-8,10-13H,5-6,9,23H2,1-4H3;1H4. The van der Waals surface area contributed by atoms with Gasteiger partial charge in [-0.3, -0.25) is 4.98 Å². The van der Waals surface area contributed by atoms with Gasteiger partial charge in [0, 0.05) is 17.8 Å². The molecule has 2 N–H and O–H groups in total. The number of benzene rings is 2. The molecule has 1 heterocycles. The molecule has 3 aromatic rings. The first-order chi connectivity index (χ1) is 13.6. The molecule has 0 aliphatic rings. The molecule has 29 heavy (non-hydrogen) atoms.